The molecule has 2 aliphatic heterocycles. The van der Waals surface area contributed by atoms with Crippen LogP contribution < -0.4 is 10.6 Å². The van der Waals surface area contributed by atoms with Crippen LogP contribution in [-0.2, 0) is 29.2 Å². The quantitative estimate of drug-likeness (QED) is 0.210. The second-order valence-electron chi connectivity index (χ2n) is 6.14. The molecular weight excluding hydrogens is 399 g/mol. The molecule has 13 heteroatoms. The highest BCUT2D eigenvalue weighted by molar-refractivity contribution is 7.89. The van der Waals surface area contributed by atoms with Gasteiger partial charge in [-0.1, -0.05) is 12.7 Å². The molecule has 0 saturated carbocycles. The van der Waals surface area contributed by atoms with Crippen LogP contribution in [0.4, 0.5) is 9.18 Å². The molecule has 2 bridgehead atoms. The zero-order valence-electron chi connectivity index (χ0n) is 15.5. The molecule has 28 heavy (non-hydrogen) atoms. The van der Waals surface area contributed by atoms with E-state index in [1.54, 1.807) is 19.9 Å². The minimum absolute atomic E-state index is 0.0965. The van der Waals surface area contributed by atoms with Gasteiger partial charge in [-0.05, 0) is 19.4 Å². The normalized spacial score (nSPS) is 22.7. The fraction of sp³-hybridized carbons (Fsp3) is 0.600. The van der Waals surface area contributed by atoms with Crippen molar-refractivity contribution in [2.75, 3.05) is 25.5 Å². The topological polar surface area (TPSA) is 140 Å². The number of carbonyl (C=O) groups excluding carboxylic acids is 2. The smallest absolute Gasteiger partial charge is 0.345 e. The lowest BCUT2D eigenvalue weighted by atomic mass is 10.0. The highest BCUT2D eigenvalue weighted by atomic mass is 32.2. The van der Waals surface area contributed by atoms with Crippen LogP contribution >= 0.6 is 0 Å². The van der Waals surface area contributed by atoms with Crippen molar-refractivity contribution in [1.29, 1.82) is 0 Å². The Morgan fingerprint density at radius 2 is 2.21 bits per heavy atom. The number of sulfonamides is 1. The predicted octanol–water partition coefficient (Wildman–Crippen LogP) is -0.465. The van der Waals surface area contributed by atoms with E-state index in [-0.39, 0.29) is 25.5 Å². The van der Waals surface area contributed by atoms with Gasteiger partial charge in [-0.15, -0.1) is 0 Å². The summed E-state index contributed by atoms with van der Waals surface area (Å²) < 4.78 is 40.7. The van der Waals surface area contributed by atoms with Gasteiger partial charge in [0.05, 0.1) is 31.6 Å². The van der Waals surface area contributed by atoms with E-state index >= 15 is 0 Å². The largest absolute Gasteiger partial charge is 0.493 e. The third-order valence-corrected chi connectivity index (χ3v) is 4.73. The molecule has 2 aliphatic rings. The summed E-state index contributed by atoms with van der Waals surface area (Å²) >= 11 is 0. The molecule has 3 atom stereocenters. The molecule has 0 aromatic rings. The molecule has 2 rings (SSSR count). The average Bonchev–Trinajstić information content (AvgIpc) is 2.83. The standard InChI is InChI=1S/C15H23FN4O7S/c1-4-25-10(3)13(16)27-20-11-7-9(2)12(19(8-11)15(20)22)14(21)18-26-5-6-28(17,23)24/h7,11-13H,3-6,8H2,1-2H3,(H,18,21)(H2,17,23,24)/t11-,12+,13-/m1/s1. The van der Waals surface area contributed by atoms with Crippen molar-refractivity contribution in [3.05, 3.63) is 24.0 Å². The number of hydrogen-bond acceptors (Lipinski definition) is 7. The third kappa shape index (κ3) is 5.19. The predicted molar refractivity (Wildman–Crippen MR) is 94.1 cm³/mol. The van der Waals surface area contributed by atoms with Crippen LogP contribution in [0, 0.1) is 0 Å². The second kappa shape index (κ2) is 8.86. The number of hydroxylamine groups is 3. The van der Waals surface area contributed by atoms with Crippen LogP contribution in [0.25, 0.3) is 0 Å². The summed E-state index contributed by atoms with van der Waals surface area (Å²) in [6.07, 6.45) is -0.446. The van der Waals surface area contributed by atoms with Gasteiger partial charge in [-0.3, -0.25) is 9.63 Å². The highest BCUT2D eigenvalue weighted by Crippen LogP contribution is 2.30. The maximum atomic E-state index is 14.1. The Morgan fingerprint density at radius 1 is 1.54 bits per heavy atom. The number of alkyl halides is 1. The molecule has 2 heterocycles. The van der Waals surface area contributed by atoms with Crippen molar-refractivity contribution >= 4 is 22.0 Å². The zero-order valence-corrected chi connectivity index (χ0v) is 16.3. The number of carbonyl (C=O) groups is 2. The first-order valence-corrected chi connectivity index (χ1v) is 10.1. The van der Waals surface area contributed by atoms with E-state index in [4.69, 9.17) is 19.6 Å². The first-order chi connectivity index (χ1) is 13.0. The van der Waals surface area contributed by atoms with Crippen molar-refractivity contribution in [3.8, 4) is 0 Å². The molecule has 0 spiro atoms. The lowest BCUT2D eigenvalue weighted by Crippen LogP contribution is -2.50. The molecule has 3 N–H and O–H groups in total. The van der Waals surface area contributed by atoms with Gasteiger partial charge < -0.3 is 9.64 Å². The van der Waals surface area contributed by atoms with Crippen LogP contribution in [0.5, 0.6) is 0 Å². The van der Waals surface area contributed by atoms with Gasteiger partial charge in [0.1, 0.15) is 6.04 Å². The number of hydrogen-bond donors (Lipinski definition) is 2. The fourth-order valence-corrected chi connectivity index (χ4v) is 3.13. The zero-order chi connectivity index (χ0) is 21.1. The van der Waals surface area contributed by atoms with Crippen molar-refractivity contribution in [2.45, 2.75) is 32.3 Å². The van der Waals surface area contributed by atoms with Crippen molar-refractivity contribution in [2.24, 2.45) is 5.14 Å². The Bertz CT molecular complexity index is 772. The Labute approximate surface area is 161 Å². The van der Waals surface area contributed by atoms with E-state index in [1.807, 2.05) is 0 Å². The Balaban J connectivity index is 1.99. The number of nitrogens with zero attached hydrogens (tertiary/aromatic N) is 2. The van der Waals surface area contributed by atoms with E-state index in [0.717, 1.165) is 5.06 Å². The minimum atomic E-state index is -3.73. The average molecular weight is 422 g/mol. The SMILES string of the molecule is C=C(OCC)[C@H](F)ON1C(=O)N2C[C@H]1C=C(C)[C@H]2C(=O)NOCCS(N)(=O)=O. The summed E-state index contributed by atoms with van der Waals surface area (Å²) in [5.74, 6) is -1.45. The van der Waals surface area contributed by atoms with Crippen LogP contribution in [0.2, 0.25) is 0 Å². The number of halogens is 1. The number of amides is 3. The van der Waals surface area contributed by atoms with Crippen LogP contribution in [0.15, 0.2) is 24.0 Å². The lowest BCUT2D eigenvalue weighted by molar-refractivity contribution is -0.204. The molecule has 0 radical (unpaired) electrons. The number of primary sulfonamides is 1. The summed E-state index contributed by atoms with van der Waals surface area (Å²) in [6.45, 7) is 6.60. The summed E-state index contributed by atoms with van der Waals surface area (Å²) in [7, 11) is -3.73. The van der Waals surface area contributed by atoms with Crippen molar-refractivity contribution in [1.82, 2.24) is 15.4 Å². The number of nitrogens with two attached hydrogens (primary N) is 1. The Morgan fingerprint density at radius 3 is 2.82 bits per heavy atom. The number of nitrogens with one attached hydrogen (secondary N) is 1. The van der Waals surface area contributed by atoms with Crippen LogP contribution in [-0.4, -0.2) is 74.3 Å². The number of ether oxygens (including phenoxy) is 1. The fourth-order valence-electron chi connectivity index (χ4n) is 2.82. The van der Waals surface area contributed by atoms with Gasteiger partial charge in [0, 0.05) is 0 Å². The second-order valence-corrected chi connectivity index (χ2v) is 7.88. The Hall–Kier alpha value is -2.22. The molecule has 1 fully saturated rings. The molecule has 0 aliphatic carbocycles. The number of urea groups is 1. The molecule has 0 unspecified atom stereocenters. The lowest BCUT2D eigenvalue weighted by Gasteiger charge is -2.28. The van der Waals surface area contributed by atoms with Gasteiger partial charge in [0.25, 0.3) is 12.3 Å². The third-order valence-electron chi connectivity index (χ3n) is 4.00. The van der Waals surface area contributed by atoms with Gasteiger partial charge in [0.2, 0.25) is 10.0 Å². The highest BCUT2D eigenvalue weighted by Gasteiger charge is 2.48. The van der Waals surface area contributed by atoms with Crippen LogP contribution in [0.3, 0.4) is 0 Å². The van der Waals surface area contributed by atoms with E-state index < -0.39 is 46.2 Å². The molecule has 11 nitrogen and oxygen atoms in total. The molecular formula is C15H23FN4O7S. The minimum Gasteiger partial charge on any atom is -0.493 e. The van der Waals surface area contributed by atoms with E-state index in [2.05, 4.69) is 12.1 Å². The number of rotatable bonds is 10. The first-order valence-electron chi connectivity index (χ1n) is 8.37. The van der Waals surface area contributed by atoms with E-state index in [0.29, 0.717) is 5.57 Å². The van der Waals surface area contributed by atoms with E-state index in [9.17, 15) is 22.4 Å². The maximum absolute atomic E-state index is 14.1. The van der Waals surface area contributed by atoms with Crippen molar-refractivity contribution < 1.29 is 36.8 Å². The van der Waals surface area contributed by atoms with Crippen molar-refractivity contribution in [3.63, 3.8) is 0 Å². The monoisotopic (exact) mass is 422 g/mol. The van der Waals surface area contributed by atoms with Gasteiger partial charge >= 0.3 is 6.03 Å². The van der Waals surface area contributed by atoms with Gasteiger partial charge in [-0.2, -0.15) is 5.06 Å². The summed E-state index contributed by atoms with van der Waals surface area (Å²) in [6, 6.07) is -2.32. The molecule has 3 amide bonds. The van der Waals surface area contributed by atoms with E-state index in [1.165, 1.54) is 4.90 Å². The number of fused-ring (bicyclic) bond motifs is 2. The molecule has 0 aromatic carbocycles. The molecule has 158 valence electrons. The Kier molecular flexibility index (Phi) is 6.98. The summed E-state index contributed by atoms with van der Waals surface area (Å²) in [5.41, 5.74) is 2.60. The first kappa shape index (κ1) is 22.1. The molecule has 0 aromatic heterocycles. The molecule has 1 saturated heterocycles. The maximum Gasteiger partial charge on any atom is 0.345 e. The van der Waals surface area contributed by atoms with Gasteiger partial charge in [-0.25, -0.2) is 33.1 Å². The van der Waals surface area contributed by atoms with Gasteiger partial charge in [0.15, 0.2) is 5.76 Å². The summed E-state index contributed by atoms with van der Waals surface area (Å²) in [5, 5.41) is 5.66. The summed E-state index contributed by atoms with van der Waals surface area (Å²) in [4.78, 5) is 36.0. The van der Waals surface area contributed by atoms with Crippen LogP contribution in [0.1, 0.15) is 13.8 Å².